The average Bonchev–Trinajstić information content (AvgIpc) is 2.67. The monoisotopic (exact) mass is 358 g/mol. The van der Waals surface area contributed by atoms with Crippen LogP contribution in [0.5, 0.6) is 11.5 Å². The number of ether oxygens (including phenoxy) is 2. The summed E-state index contributed by atoms with van der Waals surface area (Å²) >= 11 is 0. The Balaban J connectivity index is 2.56. The van der Waals surface area contributed by atoms with Crippen LogP contribution in [0.1, 0.15) is 89.2 Å². The lowest BCUT2D eigenvalue weighted by Crippen LogP contribution is -2.02. The van der Waals surface area contributed by atoms with Gasteiger partial charge >= 0.3 is 0 Å². The normalized spacial score (nSPS) is 10.5. The molecule has 146 valence electrons. The molecule has 0 atom stereocenters. The van der Waals surface area contributed by atoms with Gasteiger partial charge in [0.2, 0.25) is 0 Å². The van der Waals surface area contributed by atoms with Gasteiger partial charge in [0.25, 0.3) is 0 Å². The van der Waals surface area contributed by atoms with Gasteiger partial charge in [0.05, 0.1) is 13.2 Å². The quantitative estimate of drug-likeness (QED) is 0.282. The summed E-state index contributed by atoms with van der Waals surface area (Å²) in [4.78, 5) is 0. The largest absolute Gasteiger partial charge is 0.493 e. The molecule has 0 radical (unpaired) electrons. The predicted molar refractivity (Wildman–Crippen MR) is 115 cm³/mol. The molecule has 0 aromatic heterocycles. The SMILES string of the molecule is C=Cc1cc(OCCCCCCC)c(C=C)cc1OCCCCCCC. The fourth-order valence-corrected chi connectivity index (χ4v) is 2.94. The zero-order valence-electron chi connectivity index (χ0n) is 17.0. The van der Waals surface area contributed by atoms with Crippen LogP contribution in [0, 0.1) is 0 Å². The highest BCUT2D eigenvalue weighted by molar-refractivity contribution is 5.66. The Labute approximate surface area is 161 Å². The van der Waals surface area contributed by atoms with Crippen molar-refractivity contribution in [2.45, 2.75) is 78.1 Å². The van der Waals surface area contributed by atoms with Gasteiger partial charge in [-0.3, -0.25) is 0 Å². The van der Waals surface area contributed by atoms with E-state index in [0.717, 1.165) is 48.7 Å². The summed E-state index contributed by atoms with van der Waals surface area (Å²) in [6, 6.07) is 4.06. The maximum absolute atomic E-state index is 6.00. The summed E-state index contributed by atoms with van der Waals surface area (Å²) in [7, 11) is 0. The third-order valence-corrected chi connectivity index (χ3v) is 4.59. The standard InChI is InChI=1S/C24H38O2/c1-5-9-11-13-15-17-25-23-19-22(8-4)24(20-21(23)7-3)26-18-16-14-12-10-6-2/h7-8,19-20H,3-6,9-18H2,1-2H3. The van der Waals surface area contributed by atoms with E-state index in [2.05, 4.69) is 27.0 Å². The Morgan fingerprint density at radius 3 is 1.38 bits per heavy atom. The van der Waals surface area contributed by atoms with Gasteiger partial charge in [0, 0.05) is 11.1 Å². The highest BCUT2D eigenvalue weighted by atomic mass is 16.5. The summed E-state index contributed by atoms with van der Waals surface area (Å²) in [5.74, 6) is 1.75. The first kappa shape index (κ1) is 22.3. The molecule has 0 bridgehead atoms. The summed E-state index contributed by atoms with van der Waals surface area (Å²) in [6.45, 7) is 13.8. The summed E-state index contributed by atoms with van der Waals surface area (Å²) in [5.41, 5.74) is 1.98. The van der Waals surface area contributed by atoms with Gasteiger partial charge < -0.3 is 9.47 Å². The lowest BCUT2D eigenvalue weighted by Gasteiger charge is -2.15. The number of unbranched alkanes of at least 4 members (excludes halogenated alkanes) is 8. The van der Waals surface area contributed by atoms with Crippen molar-refractivity contribution >= 4 is 12.2 Å². The van der Waals surface area contributed by atoms with E-state index in [4.69, 9.17) is 9.47 Å². The molecule has 1 aromatic rings. The molecule has 1 aromatic carbocycles. The van der Waals surface area contributed by atoms with Crippen molar-refractivity contribution in [3.8, 4) is 11.5 Å². The molecular weight excluding hydrogens is 320 g/mol. The minimum absolute atomic E-state index is 0.749. The van der Waals surface area contributed by atoms with Crippen molar-refractivity contribution in [2.75, 3.05) is 13.2 Å². The first-order valence-corrected chi connectivity index (χ1v) is 10.4. The maximum atomic E-state index is 6.00. The van der Waals surface area contributed by atoms with Crippen LogP contribution in [0.25, 0.3) is 12.2 Å². The van der Waals surface area contributed by atoms with Crippen LogP contribution in [-0.4, -0.2) is 13.2 Å². The number of benzene rings is 1. The number of hydrogen-bond donors (Lipinski definition) is 0. The van der Waals surface area contributed by atoms with Crippen molar-refractivity contribution in [1.82, 2.24) is 0 Å². The fourth-order valence-electron chi connectivity index (χ4n) is 2.94. The second kappa shape index (κ2) is 14.5. The zero-order chi connectivity index (χ0) is 19.0. The second-order valence-electron chi connectivity index (χ2n) is 6.86. The minimum atomic E-state index is 0.749. The molecule has 2 nitrogen and oxygen atoms in total. The Morgan fingerprint density at radius 1 is 0.654 bits per heavy atom. The van der Waals surface area contributed by atoms with Crippen LogP contribution in [-0.2, 0) is 0 Å². The lowest BCUT2D eigenvalue weighted by atomic mass is 10.1. The molecule has 0 aliphatic carbocycles. The van der Waals surface area contributed by atoms with E-state index in [9.17, 15) is 0 Å². The number of hydrogen-bond acceptors (Lipinski definition) is 2. The van der Waals surface area contributed by atoms with Gasteiger partial charge in [0.1, 0.15) is 11.5 Å². The maximum Gasteiger partial charge on any atom is 0.127 e. The molecule has 0 N–H and O–H groups in total. The molecular formula is C24H38O2. The Morgan fingerprint density at radius 2 is 1.04 bits per heavy atom. The van der Waals surface area contributed by atoms with E-state index >= 15 is 0 Å². The molecule has 26 heavy (non-hydrogen) atoms. The van der Waals surface area contributed by atoms with Gasteiger partial charge in [-0.15, -0.1) is 0 Å². The van der Waals surface area contributed by atoms with Crippen LogP contribution in [0.15, 0.2) is 25.3 Å². The van der Waals surface area contributed by atoms with Gasteiger partial charge in [-0.25, -0.2) is 0 Å². The van der Waals surface area contributed by atoms with Gasteiger partial charge in [0.15, 0.2) is 0 Å². The second-order valence-corrected chi connectivity index (χ2v) is 6.86. The average molecular weight is 359 g/mol. The lowest BCUT2D eigenvalue weighted by molar-refractivity contribution is 0.295. The molecule has 0 aliphatic rings. The van der Waals surface area contributed by atoms with E-state index in [1.165, 1.54) is 51.4 Å². The molecule has 0 heterocycles. The molecule has 0 saturated heterocycles. The molecule has 0 aliphatic heterocycles. The van der Waals surface area contributed by atoms with E-state index in [0.29, 0.717) is 0 Å². The first-order valence-electron chi connectivity index (χ1n) is 10.4. The summed E-state index contributed by atoms with van der Waals surface area (Å²) in [6.07, 6.45) is 16.1. The molecule has 0 spiro atoms. The van der Waals surface area contributed by atoms with Crippen molar-refractivity contribution in [3.63, 3.8) is 0 Å². The zero-order valence-corrected chi connectivity index (χ0v) is 17.0. The first-order chi connectivity index (χ1) is 12.8. The third-order valence-electron chi connectivity index (χ3n) is 4.59. The minimum Gasteiger partial charge on any atom is -0.493 e. The molecule has 0 saturated carbocycles. The predicted octanol–water partition coefficient (Wildman–Crippen LogP) is 7.67. The van der Waals surface area contributed by atoms with Crippen LogP contribution >= 0.6 is 0 Å². The van der Waals surface area contributed by atoms with Crippen molar-refractivity contribution in [1.29, 1.82) is 0 Å². The molecule has 1 rings (SSSR count). The smallest absolute Gasteiger partial charge is 0.127 e. The molecule has 0 unspecified atom stereocenters. The summed E-state index contributed by atoms with van der Waals surface area (Å²) < 4.78 is 12.0. The van der Waals surface area contributed by atoms with E-state index in [-0.39, 0.29) is 0 Å². The molecule has 0 amide bonds. The van der Waals surface area contributed by atoms with Crippen molar-refractivity contribution in [2.24, 2.45) is 0 Å². The van der Waals surface area contributed by atoms with Crippen LogP contribution in [0.2, 0.25) is 0 Å². The van der Waals surface area contributed by atoms with Crippen molar-refractivity contribution in [3.05, 3.63) is 36.4 Å². The van der Waals surface area contributed by atoms with E-state index < -0.39 is 0 Å². The van der Waals surface area contributed by atoms with Gasteiger partial charge in [-0.2, -0.15) is 0 Å². The van der Waals surface area contributed by atoms with E-state index in [1.54, 1.807) is 0 Å². The van der Waals surface area contributed by atoms with Gasteiger partial charge in [-0.1, -0.05) is 90.5 Å². The van der Waals surface area contributed by atoms with Crippen molar-refractivity contribution < 1.29 is 9.47 Å². The van der Waals surface area contributed by atoms with Crippen LogP contribution < -0.4 is 9.47 Å². The highest BCUT2D eigenvalue weighted by Gasteiger charge is 2.09. The highest BCUT2D eigenvalue weighted by Crippen LogP contribution is 2.31. The fraction of sp³-hybridized carbons (Fsp3) is 0.583. The Bertz CT molecular complexity index is 471. The molecule has 0 fully saturated rings. The Hall–Kier alpha value is -1.70. The van der Waals surface area contributed by atoms with E-state index in [1.807, 2.05) is 24.3 Å². The van der Waals surface area contributed by atoms with Gasteiger partial charge in [-0.05, 0) is 25.0 Å². The number of rotatable bonds is 16. The third kappa shape index (κ3) is 8.60. The van der Waals surface area contributed by atoms with Crippen LogP contribution in [0.4, 0.5) is 0 Å². The van der Waals surface area contributed by atoms with Crippen LogP contribution in [0.3, 0.4) is 0 Å². The summed E-state index contributed by atoms with van der Waals surface area (Å²) in [5, 5.41) is 0. The molecule has 2 heteroatoms. The topological polar surface area (TPSA) is 18.5 Å². The Kier molecular flexibility index (Phi) is 12.4.